The third-order valence-corrected chi connectivity index (χ3v) is 5.59. The highest BCUT2D eigenvalue weighted by Gasteiger charge is 2.60. The Hall–Kier alpha value is -3.22. The number of rotatable bonds is 3. The zero-order valence-electron chi connectivity index (χ0n) is 15.2. The minimum Gasteiger partial charge on any atom is -0.273 e. The van der Waals surface area contributed by atoms with Gasteiger partial charge in [-0.05, 0) is 42.0 Å². The molecule has 0 spiro atoms. The molecular formula is C22H16ClN3O3. The van der Waals surface area contributed by atoms with E-state index in [-0.39, 0.29) is 5.91 Å². The Bertz CT molecular complexity index is 1080. The van der Waals surface area contributed by atoms with Crippen molar-refractivity contribution >= 4 is 34.8 Å². The summed E-state index contributed by atoms with van der Waals surface area (Å²) in [5, 5.41) is 2.00. The minimum absolute atomic E-state index is 0.326. The Morgan fingerprint density at radius 2 is 1.55 bits per heavy atom. The molecule has 5 rings (SSSR count). The summed E-state index contributed by atoms with van der Waals surface area (Å²) in [7, 11) is 0. The highest BCUT2D eigenvalue weighted by Crippen LogP contribution is 2.48. The van der Waals surface area contributed by atoms with Crippen LogP contribution in [-0.4, -0.2) is 22.9 Å². The number of pyridine rings is 1. The zero-order chi connectivity index (χ0) is 20.0. The largest absolute Gasteiger partial charge is 0.273 e. The number of carbonyl (C=O) groups is 2. The highest BCUT2D eigenvalue weighted by molar-refractivity contribution is 6.36. The van der Waals surface area contributed by atoms with E-state index in [0.717, 1.165) is 16.2 Å². The van der Waals surface area contributed by atoms with E-state index in [1.807, 2.05) is 42.5 Å². The number of imide groups is 1. The van der Waals surface area contributed by atoms with Crippen molar-refractivity contribution in [2.24, 2.45) is 5.92 Å². The molecule has 0 saturated carbocycles. The molecular weight excluding hydrogens is 390 g/mol. The molecule has 2 aliphatic rings. The van der Waals surface area contributed by atoms with Gasteiger partial charge < -0.3 is 0 Å². The van der Waals surface area contributed by atoms with E-state index >= 15 is 0 Å². The Morgan fingerprint density at radius 3 is 2.28 bits per heavy atom. The maximum Gasteiger partial charge on any atom is 0.266 e. The van der Waals surface area contributed by atoms with Crippen molar-refractivity contribution < 1.29 is 14.4 Å². The molecule has 2 aromatic carbocycles. The van der Waals surface area contributed by atoms with Gasteiger partial charge in [0.2, 0.25) is 5.91 Å². The van der Waals surface area contributed by atoms with Gasteiger partial charge in [-0.3, -0.25) is 19.4 Å². The highest BCUT2D eigenvalue weighted by atomic mass is 35.5. The molecule has 0 aliphatic carbocycles. The van der Waals surface area contributed by atoms with E-state index in [1.165, 1.54) is 0 Å². The monoisotopic (exact) mass is 405 g/mol. The smallest absolute Gasteiger partial charge is 0.266 e. The number of hydrogen-bond donors (Lipinski definition) is 0. The van der Waals surface area contributed by atoms with Gasteiger partial charge in [-0.2, -0.15) is 0 Å². The van der Waals surface area contributed by atoms with Gasteiger partial charge in [-0.15, -0.1) is 0 Å². The number of anilines is 2. The Balaban J connectivity index is 1.60. The molecule has 2 fully saturated rings. The molecule has 0 radical (unpaired) electrons. The summed E-state index contributed by atoms with van der Waals surface area (Å²) >= 11 is 6.26. The van der Waals surface area contributed by atoms with Crippen molar-refractivity contribution in [2.45, 2.75) is 12.1 Å². The maximum atomic E-state index is 13.4. The van der Waals surface area contributed by atoms with Crippen LogP contribution in [0, 0.1) is 5.92 Å². The number of aromatic nitrogens is 1. The maximum absolute atomic E-state index is 13.4. The van der Waals surface area contributed by atoms with Crippen LogP contribution in [0.15, 0.2) is 79.1 Å². The number of nitrogens with zero attached hydrogens (tertiary/aromatic N) is 3. The fourth-order valence-corrected chi connectivity index (χ4v) is 4.20. The van der Waals surface area contributed by atoms with Crippen molar-refractivity contribution in [1.29, 1.82) is 0 Å². The number of hydroxylamine groups is 1. The molecule has 7 heteroatoms. The number of hydrogen-bond acceptors (Lipinski definition) is 5. The molecule has 2 aliphatic heterocycles. The lowest BCUT2D eigenvalue weighted by molar-refractivity contribution is -0.126. The van der Waals surface area contributed by atoms with Crippen molar-refractivity contribution in [1.82, 2.24) is 4.98 Å². The van der Waals surface area contributed by atoms with Gasteiger partial charge in [0.15, 0.2) is 6.10 Å². The van der Waals surface area contributed by atoms with E-state index in [1.54, 1.807) is 41.7 Å². The number of halogens is 1. The van der Waals surface area contributed by atoms with E-state index in [2.05, 4.69) is 4.98 Å². The van der Waals surface area contributed by atoms with Crippen molar-refractivity contribution in [3.8, 4) is 0 Å². The molecule has 2 amide bonds. The standard InChI is InChI=1S/C22H16ClN3O3/c23-16-8-4-5-9-17(16)25-21(27)18-19(14-10-12-24-13-11-14)26(29-20(18)22(25)28)15-6-2-1-3-7-15/h1-13,18-20H/t18-,19-,20-/m1/s1. The average molecular weight is 406 g/mol. The number of carbonyl (C=O) groups excluding carboxylic acids is 2. The second-order valence-electron chi connectivity index (χ2n) is 6.90. The molecule has 3 atom stereocenters. The summed E-state index contributed by atoms with van der Waals surface area (Å²) in [6.07, 6.45) is 2.41. The topological polar surface area (TPSA) is 62.7 Å². The van der Waals surface area contributed by atoms with Crippen molar-refractivity contribution in [3.63, 3.8) is 0 Å². The second-order valence-corrected chi connectivity index (χ2v) is 7.31. The number of fused-ring (bicyclic) bond motifs is 1. The number of para-hydroxylation sites is 2. The van der Waals surface area contributed by atoms with Crippen LogP contribution in [0.3, 0.4) is 0 Å². The van der Waals surface area contributed by atoms with Crippen LogP contribution in [0.1, 0.15) is 11.6 Å². The molecule has 1 aromatic heterocycles. The fraction of sp³-hybridized carbons (Fsp3) is 0.136. The molecule has 144 valence electrons. The van der Waals surface area contributed by atoms with Crippen molar-refractivity contribution in [3.05, 3.63) is 89.7 Å². The summed E-state index contributed by atoms with van der Waals surface area (Å²) in [6.45, 7) is 0. The first-order valence-electron chi connectivity index (χ1n) is 9.20. The van der Waals surface area contributed by atoms with E-state index in [9.17, 15) is 9.59 Å². The fourth-order valence-electron chi connectivity index (χ4n) is 3.98. The second kappa shape index (κ2) is 6.99. The quantitative estimate of drug-likeness (QED) is 0.620. The average Bonchev–Trinajstić information content (AvgIpc) is 3.26. The summed E-state index contributed by atoms with van der Waals surface area (Å²) in [6, 6.07) is 19.5. The molecule has 0 unspecified atom stereocenters. The zero-order valence-corrected chi connectivity index (χ0v) is 15.9. The third kappa shape index (κ3) is 2.80. The molecule has 6 nitrogen and oxygen atoms in total. The Kier molecular flexibility index (Phi) is 4.30. The van der Waals surface area contributed by atoms with Gasteiger partial charge in [-0.1, -0.05) is 41.9 Å². The molecule has 0 bridgehead atoms. The SMILES string of the molecule is O=C1[C@@H]2[C@@H](c3ccncc3)N(c3ccccc3)O[C@H]2C(=O)N1c1ccccc1Cl. The lowest BCUT2D eigenvalue weighted by Crippen LogP contribution is -2.37. The molecule has 3 aromatic rings. The van der Waals surface area contributed by atoms with Gasteiger partial charge in [0.1, 0.15) is 5.92 Å². The van der Waals surface area contributed by atoms with Gasteiger partial charge in [0.05, 0.1) is 22.4 Å². The molecule has 3 heterocycles. The van der Waals surface area contributed by atoms with Crippen LogP contribution in [0.5, 0.6) is 0 Å². The lowest BCUT2D eigenvalue weighted by Gasteiger charge is -2.28. The summed E-state index contributed by atoms with van der Waals surface area (Å²) in [5.74, 6) is -1.43. The summed E-state index contributed by atoms with van der Waals surface area (Å²) in [5.41, 5.74) is 1.99. The molecule has 0 N–H and O–H groups in total. The van der Waals surface area contributed by atoms with Gasteiger partial charge in [0, 0.05) is 12.4 Å². The van der Waals surface area contributed by atoms with Gasteiger partial charge in [-0.25, -0.2) is 9.96 Å². The molecule has 2 saturated heterocycles. The predicted molar refractivity (Wildman–Crippen MR) is 108 cm³/mol. The number of benzene rings is 2. The third-order valence-electron chi connectivity index (χ3n) is 5.27. The first-order chi connectivity index (χ1) is 14.2. The van der Waals surface area contributed by atoms with Crippen LogP contribution in [0.4, 0.5) is 11.4 Å². The molecule has 29 heavy (non-hydrogen) atoms. The minimum atomic E-state index is -0.919. The van der Waals surface area contributed by atoms with Crippen molar-refractivity contribution in [2.75, 3.05) is 9.96 Å². The van der Waals surface area contributed by atoms with Crippen LogP contribution in [0.25, 0.3) is 0 Å². The van der Waals surface area contributed by atoms with E-state index in [0.29, 0.717) is 10.7 Å². The van der Waals surface area contributed by atoms with Crippen LogP contribution in [-0.2, 0) is 14.4 Å². The lowest BCUT2D eigenvalue weighted by atomic mass is 9.91. The van der Waals surface area contributed by atoms with E-state index in [4.69, 9.17) is 16.4 Å². The van der Waals surface area contributed by atoms with Crippen LogP contribution in [0.2, 0.25) is 5.02 Å². The van der Waals surface area contributed by atoms with E-state index < -0.39 is 24.0 Å². The first kappa shape index (κ1) is 17.8. The Morgan fingerprint density at radius 1 is 0.862 bits per heavy atom. The van der Waals surface area contributed by atoms with Crippen LogP contribution < -0.4 is 9.96 Å². The summed E-state index contributed by atoms with van der Waals surface area (Å²) in [4.78, 5) is 37.9. The van der Waals surface area contributed by atoms with Gasteiger partial charge in [0.25, 0.3) is 5.91 Å². The van der Waals surface area contributed by atoms with Crippen LogP contribution >= 0.6 is 11.6 Å². The normalized spacial score (nSPS) is 23.6. The predicted octanol–water partition coefficient (Wildman–Crippen LogP) is 3.79. The summed E-state index contributed by atoms with van der Waals surface area (Å²) < 4.78 is 0. The Labute approximate surface area is 172 Å². The first-order valence-corrected chi connectivity index (χ1v) is 9.58. The van der Waals surface area contributed by atoms with Gasteiger partial charge >= 0.3 is 0 Å². The number of amides is 2.